The van der Waals surface area contributed by atoms with Crippen molar-refractivity contribution in [1.82, 2.24) is 0 Å². The molecule has 0 bridgehead atoms. The summed E-state index contributed by atoms with van der Waals surface area (Å²) >= 11 is 0. The Bertz CT molecular complexity index is 975. The van der Waals surface area contributed by atoms with Gasteiger partial charge in [0.2, 0.25) is 5.78 Å². The number of hydrogen-bond donors (Lipinski definition) is 1. The van der Waals surface area contributed by atoms with E-state index >= 15 is 0 Å². The second-order valence-electron chi connectivity index (χ2n) is 11.7. The fourth-order valence-corrected chi connectivity index (χ4v) is 4.51. The number of carboxylic acids is 1. The molecule has 0 amide bonds. The van der Waals surface area contributed by atoms with E-state index in [1.165, 1.54) is 50.5 Å². The normalized spacial score (nSPS) is 11.2. The van der Waals surface area contributed by atoms with E-state index in [1.807, 2.05) is 12.1 Å². The lowest BCUT2D eigenvalue weighted by molar-refractivity contribution is -0.151. The van der Waals surface area contributed by atoms with E-state index in [-0.39, 0.29) is 26.1 Å². The third kappa shape index (κ3) is 32.0. The van der Waals surface area contributed by atoms with Crippen molar-refractivity contribution in [3.63, 3.8) is 0 Å². The number of carbonyl (C=O) groups is 3. The molecule has 0 spiro atoms. The Balaban J connectivity index is 1.72. The summed E-state index contributed by atoms with van der Waals surface area (Å²) in [7, 11) is 0. The molecule has 0 fully saturated rings. The number of esters is 1. The number of Topliss-reactive ketones (excluding diaryl/α,β-unsaturated/α-hetero) is 1. The minimum Gasteiger partial charge on any atom is -0.491 e. The van der Waals surface area contributed by atoms with Gasteiger partial charge in [0.15, 0.2) is 0 Å². The molecule has 0 saturated carbocycles. The Hall–Kier alpha value is -2.69. The van der Waals surface area contributed by atoms with Gasteiger partial charge < -0.3 is 52.5 Å². The Morgan fingerprint density at radius 3 is 1.29 bits per heavy atom. The molecule has 0 aliphatic heterocycles. The van der Waals surface area contributed by atoms with Gasteiger partial charge in [0.05, 0.1) is 112 Å². The molecule has 0 aliphatic carbocycles. The van der Waals surface area contributed by atoms with E-state index in [0.29, 0.717) is 106 Å². The zero-order valence-corrected chi connectivity index (χ0v) is 31.4. The molecule has 0 unspecified atom stereocenters. The Morgan fingerprint density at radius 2 is 0.865 bits per heavy atom. The summed E-state index contributed by atoms with van der Waals surface area (Å²) in [6.07, 6.45) is 9.78. The molecule has 0 saturated heterocycles. The number of carbonyl (C=O) groups excluding carboxylic acids is 2. The number of carboxylic acid groups (broad SMARTS) is 1. The van der Waals surface area contributed by atoms with E-state index in [1.54, 1.807) is 0 Å². The van der Waals surface area contributed by atoms with Crippen molar-refractivity contribution in [3.05, 3.63) is 29.8 Å². The molecule has 14 heteroatoms. The first-order valence-corrected chi connectivity index (χ1v) is 18.8. The largest absolute Gasteiger partial charge is 0.491 e. The highest BCUT2D eigenvalue weighted by Crippen LogP contribution is 2.15. The quantitative estimate of drug-likeness (QED) is 0.0569. The van der Waals surface area contributed by atoms with Gasteiger partial charge in [-0.25, -0.2) is 4.79 Å². The van der Waals surface area contributed by atoms with Crippen LogP contribution in [0.3, 0.4) is 0 Å². The van der Waals surface area contributed by atoms with E-state index in [4.69, 9.17) is 52.5 Å². The molecule has 14 nitrogen and oxygen atoms in total. The third-order valence-electron chi connectivity index (χ3n) is 7.38. The van der Waals surface area contributed by atoms with Crippen LogP contribution < -0.4 is 4.74 Å². The van der Waals surface area contributed by atoms with Crippen LogP contribution in [-0.2, 0) is 63.4 Å². The summed E-state index contributed by atoms with van der Waals surface area (Å²) in [6.45, 7) is 9.77. The smallest absolute Gasteiger partial charge is 0.372 e. The van der Waals surface area contributed by atoms with Gasteiger partial charge in [-0.15, -0.1) is 0 Å². The van der Waals surface area contributed by atoms with E-state index in [2.05, 4.69) is 19.1 Å². The molecule has 1 aromatic carbocycles. The van der Waals surface area contributed by atoms with Crippen LogP contribution in [0.15, 0.2) is 24.3 Å². The summed E-state index contributed by atoms with van der Waals surface area (Å²) in [5, 5.41) is 8.45. The number of unbranched alkanes of at least 4 members (excludes halogenated alkanes) is 6. The third-order valence-corrected chi connectivity index (χ3v) is 7.38. The lowest BCUT2D eigenvalue weighted by Crippen LogP contribution is -2.17. The summed E-state index contributed by atoms with van der Waals surface area (Å²) in [5.74, 6) is -2.36. The fourth-order valence-electron chi connectivity index (χ4n) is 4.51. The van der Waals surface area contributed by atoms with Gasteiger partial charge >= 0.3 is 11.9 Å². The topological polar surface area (TPSA) is 164 Å². The maximum absolute atomic E-state index is 11.4. The predicted molar refractivity (Wildman–Crippen MR) is 193 cm³/mol. The molecule has 1 aromatic rings. The average Bonchev–Trinajstić information content (AvgIpc) is 3.15. The maximum atomic E-state index is 11.4. The van der Waals surface area contributed by atoms with Gasteiger partial charge in [0, 0.05) is 6.42 Å². The Labute approximate surface area is 310 Å². The number of aliphatic carboxylic acids is 1. The number of aryl methyl sites for hydroxylation is 1. The van der Waals surface area contributed by atoms with Gasteiger partial charge in [0.1, 0.15) is 19.0 Å². The monoisotopic (exact) mass is 744 g/mol. The first-order chi connectivity index (χ1) is 25.5. The molecular weight excluding hydrogens is 680 g/mol. The average molecular weight is 745 g/mol. The van der Waals surface area contributed by atoms with E-state index in [0.717, 1.165) is 12.2 Å². The molecule has 1 N–H and O–H groups in total. The van der Waals surface area contributed by atoms with Crippen LogP contribution in [0.5, 0.6) is 5.75 Å². The number of benzene rings is 1. The molecule has 300 valence electrons. The highest BCUT2D eigenvalue weighted by molar-refractivity contribution is 6.32. The fraction of sp³-hybridized carbons (Fsp3) is 0.763. The number of ether oxygens (including phenoxy) is 10. The van der Waals surface area contributed by atoms with Crippen LogP contribution in [0.25, 0.3) is 0 Å². The molecule has 52 heavy (non-hydrogen) atoms. The van der Waals surface area contributed by atoms with E-state index < -0.39 is 17.7 Å². The van der Waals surface area contributed by atoms with Crippen molar-refractivity contribution in [2.75, 3.05) is 119 Å². The second-order valence-corrected chi connectivity index (χ2v) is 11.7. The highest BCUT2D eigenvalue weighted by Gasteiger charge is 2.14. The van der Waals surface area contributed by atoms with Gasteiger partial charge in [-0.1, -0.05) is 57.6 Å². The van der Waals surface area contributed by atoms with Crippen LogP contribution >= 0.6 is 0 Å². The molecular formula is C38H64O14. The summed E-state index contributed by atoms with van der Waals surface area (Å²) in [5.41, 5.74) is 1.37. The Morgan fingerprint density at radius 1 is 0.481 bits per heavy atom. The standard InChI is InChI=1S/C38H64O14/c1-2-3-4-5-6-7-8-9-34-10-12-35(13-11-34)51-32-30-49-28-26-47-24-22-45-20-18-43-16-17-44-19-21-46-23-25-48-27-29-50-31-33-52-37(40)15-14-36(39)38(41)42/h10-13H,2-9,14-33H2,1H3,(H,41,42). The van der Waals surface area contributed by atoms with Crippen molar-refractivity contribution < 1.29 is 66.9 Å². The zero-order chi connectivity index (χ0) is 37.6. The first-order valence-electron chi connectivity index (χ1n) is 18.8. The number of hydrogen-bond acceptors (Lipinski definition) is 13. The van der Waals surface area contributed by atoms with Crippen LogP contribution in [-0.4, -0.2) is 142 Å². The molecule has 0 aromatic heterocycles. The molecule has 0 atom stereocenters. The van der Waals surface area contributed by atoms with Crippen molar-refractivity contribution in [2.45, 2.75) is 71.1 Å². The molecule has 0 radical (unpaired) electrons. The molecule has 0 aliphatic rings. The SMILES string of the molecule is CCCCCCCCCc1ccc(OCCOCCOCCOCCOCCOCCOCCOCCOCCOC(=O)CCC(=O)C(=O)O)cc1. The van der Waals surface area contributed by atoms with Crippen LogP contribution in [0, 0.1) is 0 Å². The van der Waals surface area contributed by atoms with E-state index in [9.17, 15) is 14.4 Å². The number of ketones is 1. The van der Waals surface area contributed by atoms with Crippen LogP contribution in [0.2, 0.25) is 0 Å². The first kappa shape index (κ1) is 47.3. The maximum Gasteiger partial charge on any atom is 0.372 e. The predicted octanol–water partition coefficient (Wildman–Crippen LogP) is 4.47. The van der Waals surface area contributed by atoms with Gasteiger partial charge in [0.25, 0.3) is 0 Å². The van der Waals surface area contributed by atoms with Gasteiger partial charge in [-0.2, -0.15) is 0 Å². The van der Waals surface area contributed by atoms with Crippen molar-refractivity contribution in [1.29, 1.82) is 0 Å². The van der Waals surface area contributed by atoms with Crippen LogP contribution in [0.4, 0.5) is 0 Å². The van der Waals surface area contributed by atoms with Crippen molar-refractivity contribution in [2.24, 2.45) is 0 Å². The van der Waals surface area contributed by atoms with Crippen molar-refractivity contribution in [3.8, 4) is 5.75 Å². The minimum absolute atomic E-state index is 0.0160. The number of rotatable bonds is 40. The molecule has 0 heterocycles. The van der Waals surface area contributed by atoms with Gasteiger partial charge in [-0.05, 0) is 30.5 Å². The summed E-state index contributed by atoms with van der Waals surface area (Å²) < 4.78 is 54.2. The highest BCUT2D eigenvalue weighted by atomic mass is 16.6. The summed E-state index contributed by atoms with van der Waals surface area (Å²) in [4.78, 5) is 32.7. The lowest BCUT2D eigenvalue weighted by Gasteiger charge is -2.09. The lowest BCUT2D eigenvalue weighted by atomic mass is 10.0. The summed E-state index contributed by atoms with van der Waals surface area (Å²) in [6, 6.07) is 8.40. The van der Waals surface area contributed by atoms with Crippen LogP contribution in [0.1, 0.15) is 70.3 Å². The van der Waals surface area contributed by atoms with Crippen molar-refractivity contribution >= 4 is 17.7 Å². The minimum atomic E-state index is -1.56. The zero-order valence-electron chi connectivity index (χ0n) is 31.4. The molecule has 1 rings (SSSR count). The Kier molecular flexibility index (Phi) is 33.4. The van der Waals surface area contributed by atoms with Gasteiger partial charge in [-0.3, -0.25) is 9.59 Å². The second kappa shape index (κ2) is 36.7.